The summed E-state index contributed by atoms with van der Waals surface area (Å²) in [6, 6.07) is 0. The van der Waals surface area contributed by atoms with Crippen molar-refractivity contribution >= 4 is 10.4 Å². The Hall–Kier alpha value is -0.450. The first-order chi connectivity index (χ1) is 21.4. The minimum absolute atomic E-state index is 0.0399. The molecule has 4 aliphatic carbocycles. The molecule has 1 saturated heterocycles. The minimum atomic E-state index is -4.70. The Morgan fingerprint density at radius 3 is 2.26 bits per heavy atom. The Labute approximate surface area is 274 Å². The summed E-state index contributed by atoms with van der Waals surface area (Å²) in [6.45, 7) is 10.1. The van der Waals surface area contributed by atoms with E-state index in [0.717, 1.165) is 25.7 Å². The van der Waals surface area contributed by atoms with Crippen molar-refractivity contribution in [2.75, 3.05) is 13.7 Å². The Morgan fingerprint density at radius 2 is 1.63 bits per heavy atom. The third-order valence-electron chi connectivity index (χ3n) is 13.3. The molecule has 1 aliphatic heterocycles. The van der Waals surface area contributed by atoms with Crippen molar-refractivity contribution in [3.8, 4) is 0 Å². The highest BCUT2D eigenvalue weighted by Crippen LogP contribution is 2.69. The highest BCUT2D eigenvalue weighted by molar-refractivity contribution is 7.80. The lowest BCUT2D eigenvalue weighted by Gasteiger charge is -2.66. The molecule has 0 aromatic rings. The minimum Gasteiger partial charge on any atom is -0.393 e. The number of hydrogen-bond donors (Lipinski definition) is 6. The van der Waals surface area contributed by atoms with E-state index in [1.807, 2.05) is 13.8 Å². The summed E-state index contributed by atoms with van der Waals surface area (Å²) in [5.74, 6) is -0.0431. The first-order valence-corrected chi connectivity index (χ1v) is 18.6. The summed E-state index contributed by atoms with van der Waals surface area (Å²) in [5.41, 5.74) is -1.78. The second kappa shape index (κ2) is 13.4. The molecule has 46 heavy (non-hydrogen) atoms. The van der Waals surface area contributed by atoms with Crippen molar-refractivity contribution in [1.29, 1.82) is 0 Å². The van der Waals surface area contributed by atoms with E-state index in [0.29, 0.717) is 25.7 Å². The summed E-state index contributed by atoms with van der Waals surface area (Å²) in [4.78, 5) is 0. The monoisotopic (exact) mass is 678 g/mol. The van der Waals surface area contributed by atoms with Crippen LogP contribution in [0.2, 0.25) is 0 Å². The Morgan fingerprint density at radius 1 is 0.957 bits per heavy atom. The maximum atomic E-state index is 12.6. The van der Waals surface area contributed by atoms with Gasteiger partial charge in [-0.3, -0.25) is 4.55 Å². The average Bonchev–Trinajstić information content (AvgIpc) is 3.41. The van der Waals surface area contributed by atoms with Crippen molar-refractivity contribution in [3.63, 3.8) is 0 Å². The van der Waals surface area contributed by atoms with Crippen LogP contribution in [-0.2, 0) is 28.8 Å². The molecule has 16 atom stereocenters. The number of rotatable bonds is 11. The Bertz CT molecular complexity index is 1170. The standard InChI is InChI=1S/C33H58O12S/c1-17(2)24(44-30-27(37)28(42-6)25(45-30)16-43-46(39,40)41)8-7-18(3)20-14-22(35)29-32(20,5)12-10-26-31(4)11-9-19(34)13-21(31)23(36)15-33(26,29)38/h17-30,34-38H,7-16H2,1-6H3,(H,39,40,41)/t18-,19?,20-,21?,22?,23?,24?,25-,26-,27-,28+,29-,30-,31+,32-,33+/m1/s1. The number of aliphatic hydroxyl groups excluding tert-OH is 4. The SMILES string of the molecule is CO[C@@H]1[C@@H](O)[C@H](OC(CC[C@@H](C)[C@H]2CC(O)[C@@H]3[C@]2(C)CC[C@H]2[C@@]3(O)CC(O)C3CC(O)CC[C@@]32C)C(C)C)O[C@@H]1COS(=O)(=O)O. The zero-order valence-corrected chi connectivity index (χ0v) is 29.0. The van der Waals surface area contributed by atoms with Crippen LogP contribution >= 0.6 is 0 Å². The lowest BCUT2D eigenvalue weighted by molar-refractivity contribution is -0.263. The van der Waals surface area contributed by atoms with E-state index in [-0.39, 0.29) is 58.9 Å². The van der Waals surface area contributed by atoms with Gasteiger partial charge in [0.05, 0.1) is 36.6 Å². The number of aliphatic hydroxyl groups is 5. The second-order valence-corrected chi connectivity index (χ2v) is 17.3. The van der Waals surface area contributed by atoms with Gasteiger partial charge in [-0.25, -0.2) is 4.18 Å². The maximum absolute atomic E-state index is 12.6. The summed E-state index contributed by atoms with van der Waals surface area (Å²) in [7, 11) is -3.33. The van der Waals surface area contributed by atoms with Crippen LogP contribution in [0.25, 0.3) is 0 Å². The molecule has 0 aromatic carbocycles. The van der Waals surface area contributed by atoms with Gasteiger partial charge >= 0.3 is 10.4 Å². The molecule has 268 valence electrons. The fourth-order valence-electron chi connectivity index (χ4n) is 11.2. The number of methoxy groups -OCH3 is 1. The summed E-state index contributed by atoms with van der Waals surface area (Å²) < 4.78 is 53.0. The van der Waals surface area contributed by atoms with Crippen LogP contribution in [0.4, 0.5) is 0 Å². The van der Waals surface area contributed by atoms with Crippen molar-refractivity contribution in [1.82, 2.24) is 0 Å². The van der Waals surface area contributed by atoms with E-state index in [1.165, 1.54) is 7.11 Å². The zero-order chi connectivity index (χ0) is 34.0. The van der Waals surface area contributed by atoms with Gasteiger partial charge in [0.2, 0.25) is 0 Å². The van der Waals surface area contributed by atoms with Gasteiger partial charge in [-0.1, -0.05) is 34.6 Å². The van der Waals surface area contributed by atoms with Crippen LogP contribution in [0.1, 0.15) is 92.4 Å². The molecular formula is C33H58O12S. The second-order valence-electron chi connectivity index (χ2n) is 16.2. The van der Waals surface area contributed by atoms with Crippen LogP contribution in [0.3, 0.4) is 0 Å². The van der Waals surface area contributed by atoms with Gasteiger partial charge in [0.15, 0.2) is 6.29 Å². The Balaban J connectivity index is 1.26. The molecule has 5 rings (SSSR count). The molecule has 5 fully saturated rings. The molecule has 0 spiro atoms. The van der Waals surface area contributed by atoms with E-state index >= 15 is 0 Å². The molecule has 1 heterocycles. The summed E-state index contributed by atoms with van der Waals surface area (Å²) in [5, 5.41) is 56.8. The molecule has 5 unspecified atom stereocenters. The van der Waals surface area contributed by atoms with E-state index in [4.69, 9.17) is 18.8 Å². The topological polar surface area (TPSA) is 192 Å². The van der Waals surface area contributed by atoms with Crippen LogP contribution in [-0.4, -0.2) is 107 Å². The van der Waals surface area contributed by atoms with Crippen molar-refractivity contribution < 1.29 is 56.9 Å². The van der Waals surface area contributed by atoms with E-state index in [2.05, 4.69) is 25.0 Å². The zero-order valence-electron chi connectivity index (χ0n) is 28.2. The predicted molar refractivity (Wildman–Crippen MR) is 167 cm³/mol. The molecule has 0 bridgehead atoms. The first kappa shape index (κ1) is 36.8. The quantitative estimate of drug-likeness (QED) is 0.175. The highest BCUT2D eigenvalue weighted by Gasteiger charge is 2.70. The van der Waals surface area contributed by atoms with Crippen molar-refractivity contribution in [2.24, 2.45) is 46.3 Å². The van der Waals surface area contributed by atoms with Crippen molar-refractivity contribution in [3.05, 3.63) is 0 Å². The lowest BCUT2D eigenvalue weighted by Crippen LogP contribution is -2.68. The van der Waals surface area contributed by atoms with Crippen molar-refractivity contribution in [2.45, 2.75) is 147 Å². The predicted octanol–water partition coefficient (Wildman–Crippen LogP) is 2.44. The average molecular weight is 679 g/mol. The lowest BCUT2D eigenvalue weighted by atomic mass is 9.42. The van der Waals surface area contributed by atoms with Gasteiger partial charge in [-0.15, -0.1) is 0 Å². The fraction of sp³-hybridized carbons (Fsp3) is 1.00. The van der Waals surface area contributed by atoms with Gasteiger partial charge in [-0.2, -0.15) is 8.42 Å². The van der Waals surface area contributed by atoms with Crippen LogP contribution in [0.5, 0.6) is 0 Å². The van der Waals surface area contributed by atoms with Gasteiger partial charge < -0.3 is 39.7 Å². The van der Waals surface area contributed by atoms with E-state index in [1.54, 1.807) is 0 Å². The van der Waals surface area contributed by atoms with Crippen LogP contribution < -0.4 is 0 Å². The van der Waals surface area contributed by atoms with Gasteiger partial charge in [-0.05, 0) is 91.8 Å². The molecule has 0 aromatic heterocycles. The summed E-state index contributed by atoms with van der Waals surface area (Å²) >= 11 is 0. The summed E-state index contributed by atoms with van der Waals surface area (Å²) in [6.07, 6.45) is -0.342. The third kappa shape index (κ3) is 6.57. The Kier molecular flexibility index (Phi) is 10.7. The molecule has 13 heteroatoms. The molecular weight excluding hydrogens is 620 g/mol. The molecule has 6 N–H and O–H groups in total. The third-order valence-corrected chi connectivity index (χ3v) is 13.8. The molecule has 12 nitrogen and oxygen atoms in total. The highest BCUT2D eigenvalue weighted by atomic mass is 32.3. The van der Waals surface area contributed by atoms with E-state index < -0.39 is 65.5 Å². The molecule has 0 radical (unpaired) electrons. The smallest absolute Gasteiger partial charge is 0.393 e. The first-order valence-electron chi connectivity index (χ1n) is 17.3. The fourth-order valence-corrected chi connectivity index (χ4v) is 11.5. The number of fused-ring (bicyclic) bond motifs is 5. The molecule has 5 aliphatic rings. The van der Waals surface area contributed by atoms with Gasteiger partial charge in [0, 0.05) is 19.4 Å². The maximum Gasteiger partial charge on any atom is 0.397 e. The normalized spacial score (nSPS) is 48.9. The van der Waals surface area contributed by atoms with Gasteiger partial charge in [0.25, 0.3) is 0 Å². The van der Waals surface area contributed by atoms with E-state index in [9.17, 15) is 34.0 Å². The molecule has 0 amide bonds. The van der Waals surface area contributed by atoms with Gasteiger partial charge in [0.1, 0.15) is 18.3 Å². The van der Waals surface area contributed by atoms with Crippen LogP contribution in [0, 0.1) is 46.3 Å². The number of ether oxygens (including phenoxy) is 3. The number of hydrogen-bond acceptors (Lipinski definition) is 11. The van der Waals surface area contributed by atoms with Crippen LogP contribution in [0.15, 0.2) is 0 Å². The largest absolute Gasteiger partial charge is 0.397 e. The molecule has 4 saturated carbocycles.